The second-order valence-corrected chi connectivity index (χ2v) is 6.32. The van der Waals surface area contributed by atoms with Crippen LogP contribution < -0.4 is 0 Å². The van der Waals surface area contributed by atoms with Gasteiger partial charge in [0.05, 0.1) is 12.0 Å². The van der Waals surface area contributed by atoms with E-state index in [1.165, 1.54) is 0 Å². The Bertz CT molecular complexity index is 424. The number of fused-ring (bicyclic) bond motifs is 1. The molecule has 0 spiro atoms. The van der Waals surface area contributed by atoms with E-state index < -0.39 is 6.10 Å². The van der Waals surface area contributed by atoms with Crippen molar-refractivity contribution in [3.8, 4) is 0 Å². The van der Waals surface area contributed by atoms with Gasteiger partial charge in [0, 0.05) is 12.3 Å². The monoisotopic (exact) mass is 308 g/mol. The summed E-state index contributed by atoms with van der Waals surface area (Å²) in [6, 6.07) is 0. The van der Waals surface area contributed by atoms with Crippen molar-refractivity contribution in [2.75, 3.05) is 0 Å². The van der Waals surface area contributed by atoms with Crippen LogP contribution in [0.15, 0.2) is 23.8 Å². The van der Waals surface area contributed by atoms with Crippen LogP contribution in [0.1, 0.15) is 54.4 Å². The third-order valence-electron chi connectivity index (χ3n) is 5.04. The molecule has 0 saturated heterocycles. The van der Waals surface area contributed by atoms with E-state index in [0.29, 0.717) is 5.92 Å². The lowest BCUT2D eigenvalue weighted by molar-refractivity contribution is -0.157. The van der Waals surface area contributed by atoms with Gasteiger partial charge in [0.25, 0.3) is 0 Å². The minimum atomic E-state index is -0.398. The summed E-state index contributed by atoms with van der Waals surface area (Å²) < 4.78 is 5.75. The predicted molar refractivity (Wildman–Crippen MR) is 90.3 cm³/mol. The van der Waals surface area contributed by atoms with E-state index in [0.717, 1.165) is 18.4 Å². The van der Waals surface area contributed by atoms with Crippen LogP contribution in [0.2, 0.25) is 0 Å². The smallest absolute Gasteiger partial charge is 0.308 e. The lowest BCUT2D eigenvalue weighted by atomic mass is 9.67. The summed E-state index contributed by atoms with van der Waals surface area (Å²) in [5, 5.41) is 10.1. The lowest BCUT2D eigenvalue weighted by Gasteiger charge is -2.42. The van der Waals surface area contributed by atoms with Gasteiger partial charge in [-0.25, -0.2) is 0 Å². The Morgan fingerprint density at radius 1 is 1.36 bits per heavy atom. The van der Waals surface area contributed by atoms with Gasteiger partial charge in [0.2, 0.25) is 0 Å². The molecular formula is C19H32O3. The summed E-state index contributed by atoms with van der Waals surface area (Å²) in [4.78, 5) is 12.1. The van der Waals surface area contributed by atoms with Gasteiger partial charge >= 0.3 is 5.97 Å². The zero-order chi connectivity index (χ0) is 16.9. The molecule has 22 heavy (non-hydrogen) atoms. The molecule has 0 heterocycles. The van der Waals surface area contributed by atoms with E-state index in [1.807, 2.05) is 39.8 Å². The highest BCUT2D eigenvalue weighted by Crippen LogP contribution is 2.41. The second-order valence-electron chi connectivity index (χ2n) is 6.32. The van der Waals surface area contributed by atoms with E-state index in [1.54, 1.807) is 0 Å². The van der Waals surface area contributed by atoms with E-state index in [-0.39, 0.29) is 29.8 Å². The zero-order valence-electron chi connectivity index (χ0n) is 14.9. The van der Waals surface area contributed by atoms with Gasteiger partial charge in [-0.05, 0) is 23.8 Å². The molecule has 0 radical (unpaired) electrons. The van der Waals surface area contributed by atoms with Crippen LogP contribution in [0.4, 0.5) is 0 Å². The Morgan fingerprint density at radius 2 is 2.00 bits per heavy atom. The lowest BCUT2D eigenvalue weighted by Crippen LogP contribution is -2.42. The topological polar surface area (TPSA) is 46.5 Å². The number of ether oxygens (including phenoxy) is 1. The van der Waals surface area contributed by atoms with Crippen LogP contribution in [0.5, 0.6) is 0 Å². The molecule has 2 rings (SSSR count). The molecule has 3 nitrogen and oxygen atoms in total. The summed E-state index contributed by atoms with van der Waals surface area (Å²) in [6.07, 6.45) is 7.14. The third-order valence-corrected chi connectivity index (χ3v) is 5.04. The summed E-state index contributed by atoms with van der Waals surface area (Å²) in [5.41, 5.74) is 1.12. The van der Waals surface area contributed by atoms with Crippen LogP contribution in [-0.2, 0) is 9.53 Å². The summed E-state index contributed by atoms with van der Waals surface area (Å²) >= 11 is 0. The summed E-state index contributed by atoms with van der Waals surface area (Å²) in [5.74, 6) is 0.574. The van der Waals surface area contributed by atoms with Gasteiger partial charge in [-0.15, -0.1) is 0 Å². The number of allylic oxidation sites excluding steroid dienone is 1. The molecule has 6 unspecified atom stereocenters. The molecule has 0 aromatic carbocycles. The van der Waals surface area contributed by atoms with Gasteiger partial charge in [-0.1, -0.05) is 59.8 Å². The minimum absolute atomic E-state index is 0.0461. The Kier molecular flexibility index (Phi) is 7.34. The number of aliphatic hydroxyl groups excluding tert-OH is 1. The van der Waals surface area contributed by atoms with Crippen molar-refractivity contribution in [2.24, 2.45) is 23.7 Å². The Morgan fingerprint density at radius 3 is 2.59 bits per heavy atom. The Hall–Kier alpha value is -1.09. The predicted octanol–water partition coefficient (Wildman–Crippen LogP) is 4.12. The first-order chi connectivity index (χ1) is 10.5. The fourth-order valence-corrected chi connectivity index (χ4v) is 3.16. The minimum Gasteiger partial charge on any atom is -0.461 e. The average molecular weight is 308 g/mol. The standard InChI is InChI=1S/C17H26O3.C2H6/c1-5-10(2)17(19)20-15-8-6-7-13-9-14(18)11(3)12(4)16(13)15;1-2/h6-7,9-12,14-16,18H,5,8H2,1-4H3;1-2H3. The number of esters is 1. The molecule has 0 aliphatic heterocycles. The average Bonchev–Trinajstić information content (AvgIpc) is 2.53. The van der Waals surface area contributed by atoms with Crippen LogP contribution in [0, 0.1) is 23.7 Å². The van der Waals surface area contributed by atoms with Crippen LogP contribution in [0.3, 0.4) is 0 Å². The highest BCUT2D eigenvalue weighted by atomic mass is 16.5. The molecule has 2 aliphatic rings. The van der Waals surface area contributed by atoms with Crippen molar-refractivity contribution < 1.29 is 14.6 Å². The van der Waals surface area contributed by atoms with Crippen LogP contribution in [0.25, 0.3) is 0 Å². The Balaban J connectivity index is 0.00000116. The van der Waals surface area contributed by atoms with Gasteiger partial charge in [0.15, 0.2) is 0 Å². The van der Waals surface area contributed by atoms with E-state index in [9.17, 15) is 9.90 Å². The van der Waals surface area contributed by atoms with Crippen molar-refractivity contribution in [3.63, 3.8) is 0 Å². The van der Waals surface area contributed by atoms with Crippen molar-refractivity contribution in [1.29, 1.82) is 0 Å². The molecule has 0 aromatic heterocycles. The molecule has 0 saturated carbocycles. The zero-order valence-corrected chi connectivity index (χ0v) is 14.9. The number of rotatable bonds is 3. The normalized spacial score (nSPS) is 34.7. The third kappa shape index (κ3) is 4.01. The van der Waals surface area contributed by atoms with Crippen LogP contribution >= 0.6 is 0 Å². The Labute approximate surface area is 135 Å². The molecule has 0 bridgehead atoms. The highest BCUT2D eigenvalue weighted by Gasteiger charge is 2.40. The maximum atomic E-state index is 12.1. The SMILES string of the molecule is CC.CCC(C)C(=O)OC1CC=CC2=CC(O)C(C)C(C)C21. The number of hydrogen-bond donors (Lipinski definition) is 1. The second kappa shape index (κ2) is 8.52. The highest BCUT2D eigenvalue weighted by molar-refractivity contribution is 5.72. The van der Waals surface area contributed by atoms with E-state index >= 15 is 0 Å². The molecule has 3 heteroatoms. The van der Waals surface area contributed by atoms with Crippen molar-refractivity contribution >= 4 is 5.97 Å². The number of aliphatic hydroxyl groups is 1. The molecule has 0 amide bonds. The molecule has 0 aromatic rings. The molecule has 0 fully saturated rings. The molecule has 126 valence electrons. The first-order valence-corrected chi connectivity index (χ1v) is 8.72. The van der Waals surface area contributed by atoms with Crippen LogP contribution in [-0.4, -0.2) is 23.3 Å². The number of carbonyl (C=O) groups is 1. The van der Waals surface area contributed by atoms with Crippen molar-refractivity contribution in [1.82, 2.24) is 0 Å². The largest absolute Gasteiger partial charge is 0.461 e. The van der Waals surface area contributed by atoms with Crippen molar-refractivity contribution in [3.05, 3.63) is 23.8 Å². The maximum absolute atomic E-state index is 12.1. The molecular weight excluding hydrogens is 276 g/mol. The van der Waals surface area contributed by atoms with E-state index in [4.69, 9.17) is 4.74 Å². The molecule has 1 N–H and O–H groups in total. The van der Waals surface area contributed by atoms with Gasteiger partial charge < -0.3 is 9.84 Å². The number of hydrogen-bond acceptors (Lipinski definition) is 3. The first kappa shape index (κ1) is 19.0. The van der Waals surface area contributed by atoms with Crippen molar-refractivity contribution in [2.45, 2.75) is 66.6 Å². The van der Waals surface area contributed by atoms with Gasteiger partial charge in [-0.3, -0.25) is 4.79 Å². The van der Waals surface area contributed by atoms with Gasteiger partial charge in [0.1, 0.15) is 6.10 Å². The number of carbonyl (C=O) groups excluding carboxylic acids is 1. The molecule has 2 aliphatic carbocycles. The summed E-state index contributed by atoms with van der Waals surface area (Å²) in [7, 11) is 0. The first-order valence-electron chi connectivity index (χ1n) is 8.72. The molecule has 6 atom stereocenters. The maximum Gasteiger partial charge on any atom is 0.308 e. The quantitative estimate of drug-likeness (QED) is 0.798. The van der Waals surface area contributed by atoms with E-state index in [2.05, 4.69) is 19.9 Å². The summed E-state index contributed by atoms with van der Waals surface area (Å²) in [6.45, 7) is 12.1. The van der Waals surface area contributed by atoms with Gasteiger partial charge in [-0.2, -0.15) is 0 Å². The fraction of sp³-hybridized carbons (Fsp3) is 0.737. The fourth-order valence-electron chi connectivity index (χ4n) is 3.16.